The van der Waals surface area contributed by atoms with Crippen molar-refractivity contribution in [3.05, 3.63) is 56.8 Å². The summed E-state index contributed by atoms with van der Waals surface area (Å²) in [6.45, 7) is 4.86. The number of allylic oxidation sites excluding steroid dienone is 1. The molecule has 32 heavy (non-hydrogen) atoms. The standard InChI is InChI=1S/C21H24N4O7/c1-6-7-24-20(28)17(19(27)22-21(24)29)13-10-14(25(23-13)11(2)26)12-8-15(30-3)18(32-5)16(9-12)31-4/h6,8-9,14,28H,1,7,10H2,2-5H3,(H,22,27,29)/t14-/m1/s1. The Morgan fingerprint density at radius 2 is 1.88 bits per heavy atom. The number of rotatable bonds is 7. The molecule has 1 aliphatic rings. The Hall–Kier alpha value is -4.02. The van der Waals surface area contributed by atoms with Crippen LogP contribution in [0.25, 0.3) is 0 Å². The van der Waals surface area contributed by atoms with Gasteiger partial charge in [-0.2, -0.15) is 5.10 Å². The normalized spacial score (nSPS) is 15.3. The lowest BCUT2D eigenvalue weighted by atomic mass is 9.98. The fourth-order valence-corrected chi connectivity index (χ4v) is 3.62. The minimum Gasteiger partial charge on any atom is -0.494 e. The Morgan fingerprint density at radius 1 is 1.25 bits per heavy atom. The Labute approximate surface area is 183 Å². The minimum atomic E-state index is -0.805. The number of aromatic amines is 1. The highest BCUT2D eigenvalue weighted by Gasteiger charge is 2.35. The number of aromatic nitrogens is 2. The summed E-state index contributed by atoms with van der Waals surface area (Å²) in [6.07, 6.45) is 1.50. The lowest BCUT2D eigenvalue weighted by Crippen LogP contribution is -2.33. The van der Waals surface area contributed by atoms with Crippen molar-refractivity contribution < 1.29 is 24.1 Å². The van der Waals surface area contributed by atoms with Crippen molar-refractivity contribution in [1.82, 2.24) is 14.6 Å². The van der Waals surface area contributed by atoms with Gasteiger partial charge in [-0.1, -0.05) is 6.08 Å². The highest BCUT2D eigenvalue weighted by atomic mass is 16.5. The molecule has 0 bridgehead atoms. The number of amides is 1. The molecule has 1 aliphatic heterocycles. The van der Waals surface area contributed by atoms with Crippen LogP contribution in [0.2, 0.25) is 0 Å². The van der Waals surface area contributed by atoms with Crippen molar-refractivity contribution in [1.29, 1.82) is 0 Å². The smallest absolute Gasteiger partial charge is 0.331 e. The number of nitrogens with zero attached hydrogens (tertiary/aromatic N) is 3. The van der Waals surface area contributed by atoms with Crippen LogP contribution in [0.4, 0.5) is 0 Å². The van der Waals surface area contributed by atoms with Crippen molar-refractivity contribution >= 4 is 11.6 Å². The van der Waals surface area contributed by atoms with Crippen molar-refractivity contribution in [2.24, 2.45) is 5.10 Å². The molecule has 0 radical (unpaired) electrons. The number of carbonyl (C=O) groups excluding carboxylic acids is 1. The summed E-state index contributed by atoms with van der Waals surface area (Å²) in [4.78, 5) is 39.1. The third kappa shape index (κ3) is 3.84. The molecule has 0 aliphatic carbocycles. The summed E-state index contributed by atoms with van der Waals surface area (Å²) in [7, 11) is 4.42. The number of ether oxygens (including phenoxy) is 3. The fraction of sp³-hybridized carbons (Fsp3) is 0.333. The average Bonchev–Trinajstić information content (AvgIpc) is 3.20. The van der Waals surface area contributed by atoms with Gasteiger partial charge in [-0.3, -0.25) is 19.1 Å². The molecule has 11 heteroatoms. The van der Waals surface area contributed by atoms with E-state index in [1.54, 1.807) is 12.1 Å². The first-order chi connectivity index (χ1) is 15.3. The first-order valence-electron chi connectivity index (χ1n) is 9.61. The van der Waals surface area contributed by atoms with Gasteiger partial charge < -0.3 is 19.3 Å². The lowest BCUT2D eigenvalue weighted by molar-refractivity contribution is -0.130. The van der Waals surface area contributed by atoms with Crippen molar-refractivity contribution in [3.63, 3.8) is 0 Å². The minimum absolute atomic E-state index is 0.0194. The Balaban J connectivity index is 2.13. The van der Waals surface area contributed by atoms with Crippen molar-refractivity contribution in [2.45, 2.75) is 25.9 Å². The number of carbonyl (C=O) groups is 1. The van der Waals surface area contributed by atoms with E-state index >= 15 is 0 Å². The van der Waals surface area contributed by atoms with E-state index in [9.17, 15) is 19.5 Å². The molecular formula is C21H24N4O7. The Bertz CT molecular complexity index is 1190. The van der Waals surface area contributed by atoms with Crippen LogP contribution in [-0.2, 0) is 11.3 Å². The highest BCUT2D eigenvalue weighted by Crippen LogP contribution is 2.43. The van der Waals surface area contributed by atoms with E-state index < -0.39 is 23.2 Å². The zero-order valence-electron chi connectivity index (χ0n) is 18.2. The largest absolute Gasteiger partial charge is 0.494 e. The predicted molar refractivity (Wildman–Crippen MR) is 116 cm³/mol. The lowest BCUT2D eigenvalue weighted by Gasteiger charge is -2.22. The third-order valence-electron chi connectivity index (χ3n) is 5.08. The second kappa shape index (κ2) is 9.00. The van der Waals surface area contributed by atoms with Gasteiger partial charge in [0.1, 0.15) is 5.56 Å². The van der Waals surface area contributed by atoms with Gasteiger partial charge in [0.05, 0.1) is 33.1 Å². The van der Waals surface area contributed by atoms with E-state index in [0.717, 1.165) is 4.57 Å². The molecule has 1 amide bonds. The van der Waals surface area contributed by atoms with E-state index in [2.05, 4.69) is 16.7 Å². The first kappa shape index (κ1) is 22.7. The fourth-order valence-electron chi connectivity index (χ4n) is 3.62. The van der Waals surface area contributed by atoms with E-state index in [0.29, 0.717) is 22.8 Å². The molecule has 2 aromatic rings. The Kier molecular flexibility index (Phi) is 6.37. The van der Waals surface area contributed by atoms with Gasteiger partial charge in [0, 0.05) is 19.9 Å². The molecule has 0 fully saturated rings. The maximum Gasteiger partial charge on any atom is 0.331 e. The van der Waals surface area contributed by atoms with E-state index in [4.69, 9.17) is 14.2 Å². The molecule has 0 saturated heterocycles. The van der Waals surface area contributed by atoms with Crippen LogP contribution < -0.4 is 25.5 Å². The number of hydrazone groups is 1. The molecule has 2 heterocycles. The molecule has 2 N–H and O–H groups in total. The third-order valence-corrected chi connectivity index (χ3v) is 5.08. The van der Waals surface area contributed by atoms with Crippen molar-refractivity contribution in [3.8, 4) is 23.1 Å². The number of aromatic hydroxyl groups is 1. The second-order valence-electron chi connectivity index (χ2n) is 6.95. The number of H-pyrrole nitrogens is 1. The summed E-state index contributed by atoms with van der Waals surface area (Å²) in [5.74, 6) is 0.233. The number of hydrogen-bond donors (Lipinski definition) is 2. The van der Waals surface area contributed by atoms with Crippen LogP contribution in [0.15, 0.2) is 39.5 Å². The molecule has 1 aromatic carbocycles. The van der Waals surface area contributed by atoms with Crippen LogP contribution in [-0.4, -0.2) is 52.6 Å². The summed E-state index contributed by atoms with van der Waals surface area (Å²) in [5, 5.41) is 16.1. The van der Waals surface area contributed by atoms with Gasteiger partial charge in [0.25, 0.3) is 5.56 Å². The monoisotopic (exact) mass is 444 g/mol. The number of methoxy groups -OCH3 is 3. The van der Waals surface area contributed by atoms with Gasteiger partial charge >= 0.3 is 5.69 Å². The summed E-state index contributed by atoms with van der Waals surface area (Å²) in [6, 6.07) is 2.75. The summed E-state index contributed by atoms with van der Waals surface area (Å²) >= 11 is 0. The zero-order valence-corrected chi connectivity index (χ0v) is 18.2. The van der Waals surface area contributed by atoms with Crippen LogP contribution in [0.1, 0.15) is 30.5 Å². The van der Waals surface area contributed by atoms with E-state index in [1.165, 1.54) is 39.3 Å². The van der Waals surface area contributed by atoms with Gasteiger partial charge in [0.2, 0.25) is 17.5 Å². The van der Waals surface area contributed by atoms with E-state index in [-0.39, 0.29) is 30.1 Å². The molecule has 11 nitrogen and oxygen atoms in total. The topological polar surface area (TPSA) is 135 Å². The van der Waals surface area contributed by atoms with Gasteiger partial charge in [-0.15, -0.1) is 6.58 Å². The Morgan fingerprint density at radius 3 is 2.38 bits per heavy atom. The summed E-state index contributed by atoms with van der Waals surface area (Å²) < 4.78 is 17.1. The van der Waals surface area contributed by atoms with Gasteiger partial charge in [-0.05, 0) is 17.7 Å². The van der Waals surface area contributed by atoms with E-state index in [1.807, 2.05) is 0 Å². The first-order valence-corrected chi connectivity index (χ1v) is 9.61. The van der Waals surface area contributed by atoms with Gasteiger partial charge in [0.15, 0.2) is 11.5 Å². The highest BCUT2D eigenvalue weighted by molar-refractivity contribution is 6.04. The van der Waals surface area contributed by atoms with Crippen LogP contribution in [0.3, 0.4) is 0 Å². The molecule has 170 valence electrons. The van der Waals surface area contributed by atoms with Crippen LogP contribution >= 0.6 is 0 Å². The average molecular weight is 444 g/mol. The molecule has 1 atom stereocenters. The molecular weight excluding hydrogens is 420 g/mol. The molecule has 0 spiro atoms. The van der Waals surface area contributed by atoms with Crippen molar-refractivity contribution in [2.75, 3.05) is 21.3 Å². The van der Waals surface area contributed by atoms with Crippen LogP contribution in [0, 0.1) is 0 Å². The maximum atomic E-state index is 12.5. The SMILES string of the molecule is C=CCn1c(O)c(C2=NN(C(C)=O)[C@@H](c3cc(OC)c(OC)c(OC)c3)C2)c(=O)[nH]c1=O. The molecule has 0 saturated carbocycles. The molecule has 3 rings (SSSR count). The molecule has 0 unspecified atom stereocenters. The van der Waals surface area contributed by atoms with Crippen LogP contribution in [0.5, 0.6) is 23.1 Å². The van der Waals surface area contributed by atoms with Gasteiger partial charge in [-0.25, -0.2) is 9.80 Å². The molecule has 1 aromatic heterocycles. The quantitative estimate of drug-likeness (QED) is 0.612. The second-order valence-corrected chi connectivity index (χ2v) is 6.95. The summed E-state index contributed by atoms with van der Waals surface area (Å²) in [5.41, 5.74) is -1.01. The maximum absolute atomic E-state index is 12.5. The zero-order chi connectivity index (χ0) is 23.6. The number of hydrogen-bond acceptors (Lipinski definition) is 8. The number of benzene rings is 1. The number of nitrogens with one attached hydrogen (secondary N) is 1. The predicted octanol–water partition coefficient (Wildman–Crippen LogP) is 1.15.